The Hall–Kier alpha value is -2.12. The van der Waals surface area contributed by atoms with Crippen LogP contribution in [0.25, 0.3) is 10.9 Å². The number of nitrogens with zero attached hydrogens (tertiary/aromatic N) is 3. The van der Waals surface area contributed by atoms with Crippen LogP contribution in [0.4, 0.5) is 5.69 Å². The summed E-state index contributed by atoms with van der Waals surface area (Å²) < 4.78 is 0. The third kappa shape index (κ3) is 3.50. The second kappa shape index (κ2) is 6.55. The van der Waals surface area contributed by atoms with Crippen LogP contribution in [-0.4, -0.2) is 37.1 Å². The van der Waals surface area contributed by atoms with E-state index in [1.165, 1.54) is 5.56 Å². The number of pyridine rings is 1. The fourth-order valence-electron chi connectivity index (χ4n) is 2.54. The van der Waals surface area contributed by atoms with Crippen molar-refractivity contribution < 1.29 is 0 Å². The molecule has 21 heavy (non-hydrogen) atoms. The number of fused-ring (bicyclic) bond motifs is 1. The minimum Gasteiger partial charge on any atom is -0.383 e. The predicted octanol–water partition coefficient (Wildman–Crippen LogP) is 3.09. The number of rotatable bonds is 5. The first-order valence-corrected chi connectivity index (χ1v) is 7.21. The van der Waals surface area contributed by atoms with E-state index in [1.54, 1.807) is 6.20 Å². The summed E-state index contributed by atoms with van der Waals surface area (Å²) in [6, 6.07) is 6.46. The van der Waals surface area contributed by atoms with Crippen molar-refractivity contribution in [2.45, 2.75) is 20.3 Å². The van der Waals surface area contributed by atoms with Gasteiger partial charge in [-0.2, -0.15) is 5.26 Å². The molecule has 0 spiro atoms. The first-order chi connectivity index (χ1) is 10.0. The van der Waals surface area contributed by atoms with E-state index in [-0.39, 0.29) is 0 Å². The topological polar surface area (TPSA) is 52.0 Å². The van der Waals surface area contributed by atoms with Gasteiger partial charge in [-0.25, -0.2) is 0 Å². The maximum Gasteiger partial charge on any atom is 0.103 e. The lowest BCUT2D eigenvalue weighted by molar-refractivity contribution is 0.405. The Morgan fingerprint density at radius 2 is 2.05 bits per heavy atom. The number of nitrogens with one attached hydrogen (secondary N) is 1. The molecule has 0 aliphatic rings. The fourth-order valence-corrected chi connectivity index (χ4v) is 2.54. The molecule has 0 radical (unpaired) electrons. The highest BCUT2D eigenvalue weighted by molar-refractivity contribution is 5.96. The van der Waals surface area contributed by atoms with Gasteiger partial charge in [0.2, 0.25) is 0 Å². The van der Waals surface area contributed by atoms with Crippen molar-refractivity contribution in [2.24, 2.45) is 0 Å². The number of anilines is 1. The van der Waals surface area contributed by atoms with Crippen molar-refractivity contribution in [3.63, 3.8) is 0 Å². The Balaban J connectivity index is 2.37. The zero-order chi connectivity index (χ0) is 15.4. The highest BCUT2D eigenvalue weighted by Gasteiger charge is 2.10. The maximum absolute atomic E-state index is 9.32. The lowest BCUT2D eigenvalue weighted by Gasteiger charge is -2.14. The number of hydrogen-bond acceptors (Lipinski definition) is 4. The molecule has 0 saturated carbocycles. The van der Waals surface area contributed by atoms with E-state index >= 15 is 0 Å². The van der Waals surface area contributed by atoms with Crippen LogP contribution < -0.4 is 5.32 Å². The zero-order valence-corrected chi connectivity index (χ0v) is 13.2. The maximum atomic E-state index is 9.32. The van der Waals surface area contributed by atoms with Gasteiger partial charge < -0.3 is 10.2 Å². The summed E-state index contributed by atoms with van der Waals surface area (Å²) in [5.41, 5.74) is 4.82. The fraction of sp³-hybridized carbons (Fsp3) is 0.412. The normalized spacial score (nSPS) is 10.9. The summed E-state index contributed by atoms with van der Waals surface area (Å²) in [6.07, 6.45) is 2.70. The van der Waals surface area contributed by atoms with Crippen LogP contribution in [0.15, 0.2) is 18.3 Å². The van der Waals surface area contributed by atoms with Crippen molar-refractivity contribution in [2.75, 3.05) is 32.5 Å². The molecule has 0 atom stereocenters. The highest BCUT2D eigenvalue weighted by Crippen LogP contribution is 2.28. The van der Waals surface area contributed by atoms with E-state index in [1.807, 2.05) is 0 Å². The predicted molar refractivity (Wildman–Crippen MR) is 87.6 cm³/mol. The van der Waals surface area contributed by atoms with Gasteiger partial charge in [0.15, 0.2) is 0 Å². The lowest BCUT2D eigenvalue weighted by Crippen LogP contribution is -2.16. The van der Waals surface area contributed by atoms with Crippen LogP contribution in [-0.2, 0) is 0 Å². The van der Waals surface area contributed by atoms with Crippen LogP contribution in [0.5, 0.6) is 0 Å². The minimum atomic E-state index is 0.609. The van der Waals surface area contributed by atoms with Gasteiger partial charge in [0, 0.05) is 18.1 Å². The molecule has 0 unspecified atom stereocenters. The van der Waals surface area contributed by atoms with E-state index in [4.69, 9.17) is 0 Å². The average molecular weight is 282 g/mol. The number of hydrogen-bond donors (Lipinski definition) is 1. The van der Waals surface area contributed by atoms with Gasteiger partial charge >= 0.3 is 0 Å². The minimum absolute atomic E-state index is 0.609. The van der Waals surface area contributed by atoms with Crippen LogP contribution >= 0.6 is 0 Å². The Morgan fingerprint density at radius 1 is 1.29 bits per heavy atom. The van der Waals surface area contributed by atoms with E-state index in [2.05, 4.69) is 61.3 Å². The third-order valence-electron chi connectivity index (χ3n) is 3.51. The van der Waals surface area contributed by atoms with Gasteiger partial charge in [-0.1, -0.05) is 11.6 Å². The average Bonchev–Trinajstić information content (AvgIpc) is 2.43. The lowest BCUT2D eigenvalue weighted by atomic mass is 10.0. The van der Waals surface area contributed by atoms with Crippen LogP contribution in [0.1, 0.15) is 23.1 Å². The Morgan fingerprint density at radius 3 is 2.71 bits per heavy atom. The molecule has 110 valence electrons. The summed E-state index contributed by atoms with van der Waals surface area (Å²) in [4.78, 5) is 6.60. The summed E-state index contributed by atoms with van der Waals surface area (Å²) in [5.74, 6) is 0. The molecule has 1 aromatic carbocycles. The number of aryl methyl sites for hydroxylation is 2. The summed E-state index contributed by atoms with van der Waals surface area (Å²) in [5, 5.41) is 13.8. The number of benzene rings is 1. The van der Waals surface area contributed by atoms with Crippen molar-refractivity contribution in [1.29, 1.82) is 5.26 Å². The molecule has 0 aliphatic carbocycles. The zero-order valence-electron chi connectivity index (χ0n) is 13.2. The molecule has 4 heteroatoms. The van der Waals surface area contributed by atoms with Crippen molar-refractivity contribution in [1.82, 2.24) is 9.88 Å². The van der Waals surface area contributed by atoms with E-state index in [0.29, 0.717) is 5.56 Å². The quantitative estimate of drug-likeness (QED) is 0.856. The Labute approximate surface area is 126 Å². The Bertz CT molecular complexity index is 683. The van der Waals surface area contributed by atoms with Crippen molar-refractivity contribution >= 4 is 16.6 Å². The largest absolute Gasteiger partial charge is 0.383 e. The Kier molecular flexibility index (Phi) is 4.77. The second-order valence-corrected chi connectivity index (χ2v) is 5.72. The van der Waals surface area contributed by atoms with E-state index in [9.17, 15) is 5.26 Å². The van der Waals surface area contributed by atoms with Crippen LogP contribution in [0, 0.1) is 25.2 Å². The van der Waals surface area contributed by atoms with Crippen LogP contribution in [0.3, 0.4) is 0 Å². The van der Waals surface area contributed by atoms with Gasteiger partial charge in [0.25, 0.3) is 0 Å². The molecular formula is C17H22N4. The van der Waals surface area contributed by atoms with Gasteiger partial charge in [-0.05, 0) is 52.5 Å². The molecule has 0 amide bonds. The standard InChI is InChI=1S/C17H22N4/c1-12-8-13(2)16-15(9-12)17(14(10-18)11-20-16)19-6-5-7-21(3)4/h8-9,11H,5-7H2,1-4H3,(H,19,20). The highest BCUT2D eigenvalue weighted by atomic mass is 15.1. The molecule has 2 aromatic rings. The molecule has 1 aromatic heterocycles. The SMILES string of the molecule is Cc1cc(C)c2ncc(C#N)c(NCCCN(C)C)c2c1. The summed E-state index contributed by atoms with van der Waals surface area (Å²) in [7, 11) is 4.13. The second-order valence-electron chi connectivity index (χ2n) is 5.72. The first-order valence-electron chi connectivity index (χ1n) is 7.21. The van der Waals surface area contributed by atoms with E-state index < -0.39 is 0 Å². The number of aromatic nitrogens is 1. The molecule has 0 saturated heterocycles. The third-order valence-corrected chi connectivity index (χ3v) is 3.51. The molecule has 1 heterocycles. The molecule has 4 nitrogen and oxygen atoms in total. The smallest absolute Gasteiger partial charge is 0.103 e. The van der Waals surface area contributed by atoms with Gasteiger partial charge in [-0.3, -0.25) is 4.98 Å². The molecule has 0 aliphatic heterocycles. The summed E-state index contributed by atoms with van der Waals surface area (Å²) >= 11 is 0. The molecule has 0 fully saturated rings. The molecular weight excluding hydrogens is 260 g/mol. The molecule has 0 bridgehead atoms. The molecule has 1 N–H and O–H groups in total. The summed E-state index contributed by atoms with van der Waals surface area (Å²) in [6.45, 7) is 6.00. The first kappa shape index (κ1) is 15.3. The van der Waals surface area contributed by atoms with Crippen molar-refractivity contribution in [3.8, 4) is 6.07 Å². The van der Waals surface area contributed by atoms with Gasteiger partial charge in [0.05, 0.1) is 16.8 Å². The van der Waals surface area contributed by atoms with Crippen LogP contribution in [0.2, 0.25) is 0 Å². The van der Waals surface area contributed by atoms with Gasteiger partial charge in [0.1, 0.15) is 6.07 Å². The van der Waals surface area contributed by atoms with Gasteiger partial charge in [-0.15, -0.1) is 0 Å². The monoisotopic (exact) mass is 282 g/mol. The van der Waals surface area contributed by atoms with Crippen molar-refractivity contribution in [3.05, 3.63) is 35.0 Å². The van der Waals surface area contributed by atoms with E-state index in [0.717, 1.165) is 41.7 Å². The number of nitriles is 1. The molecule has 2 rings (SSSR count).